The van der Waals surface area contributed by atoms with Crippen LogP contribution in [0.3, 0.4) is 0 Å². The Morgan fingerprint density at radius 3 is 2.22 bits per heavy atom. The Morgan fingerprint density at radius 1 is 1.00 bits per heavy atom. The highest BCUT2D eigenvalue weighted by Gasteiger charge is 2.22. The molecule has 0 saturated heterocycles. The smallest absolute Gasteiger partial charge is 0.251 e. The number of amides is 2. The molecule has 0 aliphatic rings. The van der Waals surface area contributed by atoms with Gasteiger partial charge >= 0.3 is 0 Å². The fourth-order valence-corrected chi connectivity index (χ4v) is 3.11. The Morgan fingerprint density at radius 2 is 1.63 bits per heavy atom. The minimum atomic E-state index is -3.26. The third kappa shape index (κ3) is 7.22. The van der Waals surface area contributed by atoms with Gasteiger partial charge in [-0.25, -0.2) is 8.42 Å². The second kappa shape index (κ2) is 9.32. The first-order chi connectivity index (χ1) is 12.7. The van der Waals surface area contributed by atoms with E-state index in [0.29, 0.717) is 12.1 Å². The maximum Gasteiger partial charge on any atom is 0.251 e. The van der Waals surface area contributed by atoms with Gasteiger partial charge in [-0.05, 0) is 31.0 Å². The Labute approximate surface area is 159 Å². The van der Waals surface area contributed by atoms with E-state index in [2.05, 4.69) is 10.6 Å². The number of aryl methyl sites for hydroxylation is 1. The lowest BCUT2D eigenvalue weighted by molar-refractivity contribution is -0.123. The van der Waals surface area contributed by atoms with Crippen molar-refractivity contribution in [3.05, 3.63) is 71.3 Å². The van der Waals surface area contributed by atoms with E-state index in [0.717, 1.165) is 17.4 Å². The number of rotatable bonds is 8. The Kier molecular flexibility index (Phi) is 7.12. The first-order valence-corrected chi connectivity index (χ1v) is 10.7. The summed E-state index contributed by atoms with van der Waals surface area (Å²) >= 11 is 0. The summed E-state index contributed by atoms with van der Waals surface area (Å²) in [6, 6.07) is 15.3. The zero-order valence-corrected chi connectivity index (χ0v) is 16.3. The minimum Gasteiger partial charge on any atom is -0.350 e. The topological polar surface area (TPSA) is 92.3 Å². The molecule has 0 bridgehead atoms. The molecule has 7 heteroatoms. The van der Waals surface area contributed by atoms with Crippen LogP contribution in [-0.2, 0) is 21.2 Å². The lowest BCUT2D eigenvalue weighted by atomic mass is 10.1. The summed E-state index contributed by atoms with van der Waals surface area (Å²) in [7, 11) is -3.26. The van der Waals surface area contributed by atoms with Gasteiger partial charge in [0.15, 0.2) is 0 Å². The maximum atomic E-state index is 12.5. The monoisotopic (exact) mass is 388 g/mol. The third-order valence-corrected chi connectivity index (χ3v) is 5.00. The van der Waals surface area contributed by atoms with Gasteiger partial charge in [0.2, 0.25) is 5.91 Å². The van der Waals surface area contributed by atoms with Crippen molar-refractivity contribution in [1.82, 2.24) is 10.6 Å². The number of hydrogen-bond acceptors (Lipinski definition) is 4. The van der Waals surface area contributed by atoms with Crippen LogP contribution < -0.4 is 10.6 Å². The van der Waals surface area contributed by atoms with Crippen LogP contribution >= 0.6 is 0 Å². The van der Waals surface area contributed by atoms with E-state index in [-0.39, 0.29) is 12.2 Å². The quantitative estimate of drug-likeness (QED) is 0.722. The van der Waals surface area contributed by atoms with Gasteiger partial charge in [0, 0.05) is 18.4 Å². The molecule has 2 aromatic carbocycles. The highest BCUT2D eigenvalue weighted by atomic mass is 32.2. The number of hydrogen-bond donors (Lipinski definition) is 2. The van der Waals surface area contributed by atoms with E-state index in [1.54, 1.807) is 30.3 Å². The van der Waals surface area contributed by atoms with Crippen LogP contribution in [0.2, 0.25) is 0 Å². The summed E-state index contributed by atoms with van der Waals surface area (Å²) in [6.07, 6.45) is 1.12. The molecule has 0 aliphatic carbocycles. The van der Waals surface area contributed by atoms with Crippen LogP contribution in [0.25, 0.3) is 0 Å². The van der Waals surface area contributed by atoms with Crippen molar-refractivity contribution in [2.24, 2.45) is 0 Å². The third-order valence-electron chi connectivity index (χ3n) is 4.02. The maximum absolute atomic E-state index is 12.5. The lowest BCUT2D eigenvalue weighted by Crippen LogP contribution is -2.47. The molecule has 144 valence electrons. The van der Waals surface area contributed by atoms with Crippen molar-refractivity contribution < 1.29 is 18.0 Å². The molecule has 2 rings (SSSR count). The summed E-state index contributed by atoms with van der Waals surface area (Å²) in [5, 5.41) is 5.40. The predicted molar refractivity (Wildman–Crippen MR) is 105 cm³/mol. The molecule has 0 aromatic heterocycles. The van der Waals surface area contributed by atoms with Gasteiger partial charge in [-0.2, -0.15) is 0 Å². The number of carbonyl (C=O) groups is 2. The second-order valence-electron chi connectivity index (χ2n) is 6.51. The van der Waals surface area contributed by atoms with Crippen LogP contribution in [0.5, 0.6) is 0 Å². The van der Waals surface area contributed by atoms with E-state index < -0.39 is 27.7 Å². The van der Waals surface area contributed by atoms with Gasteiger partial charge in [0.1, 0.15) is 15.9 Å². The fourth-order valence-electron chi connectivity index (χ4n) is 2.45. The molecule has 2 aromatic rings. The molecule has 0 radical (unpaired) electrons. The van der Waals surface area contributed by atoms with Gasteiger partial charge in [-0.15, -0.1) is 0 Å². The molecule has 0 spiro atoms. The van der Waals surface area contributed by atoms with Gasteiger partial charge < -0.3 is 10.6 Å². The van der Waals surface area contributed by atoms with Gasteiger partial charge in [0.25, 0.3) is 5.91 Å². The second-order valence-corrected chi connectivity index (χ2v) is 8.77. The molecule has 0 unspecified atom stereocenters. The van der Waals surface area contributed by atoms with E-state index in [1.807, 2.05) is 31.2 Å². The number of carbonyl (C=O) groups excluding carboxylic acids is 2. The van der Waals surface area contributed by atoms with E-state index in [9.17, 15) is 18.0 Å². The molecule has 0 fully saturated rings. The minimum absolute atomic E-state index is 0.0110. The largest absolute Gasteiger partial charge is 0.350 e. The molecule has 2 amide bonds. The summed E-state index contributed by atoms with van der Waals surface area (Å²) in [5.74, 6) is -1.02. The lowest BCUT2D eigenvalue weighted by Gasteiger charge is -2.18. The Balaban J connectivity index is 2.04. The van der Waals surface area contributed by atoms with Crippen molar-refractivity contribution in [1.29, 1.82) is 0 Å². The zero-order chi connectivity index (χ0) is 19.9. The van der Waals surface area contributed by atoms with Gasteiger partial charge in [-0.3, -0.25) is 9.59 Å². The van der Waals surface area contributed by atoms with Crippen molar-refractivity contribution in [2.75, 3.05) is 12.0 Å². The molecule has 27 heavy (non-hydrogen) atoms. The van der Waals surface area contributed by atoms with Crippen LogP contribution in [-0.4, -0.2) is 38.3 Å². The van der Waals surface area contributed by atoms with E-state index in [4.69, 9.17) is 0 Å². The molecular weight excluding hydrogens is 364 g/mol. The van der Waals surface area contributed by atoms with Crippen LogP contribution in [0.1, 0.15) is 27.9 Å². The highest BCUT2D eigenvalue weighted by molar-refractivity contribution is 7.90. The van der Waals surface area contributed by atoms with Crippen LogP contribution in [0, 0.1) is 6.92 Å². The first-order valence-electron chi connectivity index (χ1n) is 8.61. The first kappa shape index (κ1) is 20.6. The van der Waals surface area contributed by atoms with Crippen molar-refractivity contribution >= 4 is 21.7 Å². The molecule has 6 nitrogen and oxygen atoms in total. The van der Waals surface area contributed by atoms with Crippen molar-refractivity contribution in [3.8, 4) is 0 Å². The van der Waals surface area contributed by atoms with Crippen molar-refractivity contribution in [3.63, 3.8) is 0 Å². The summed E-state index contributed by atoms with van der Waals surface area (Å²) in [4.78, 5) is 24.9. The standard InChI is InChI=1S/C20H24N2O4S/c1-15-8-10-16(11-9-15)14-21-20(24)18(12-13-27(2,25)26)22-19(23)17-6-4-3-5-7-17/h3-11,18H,12-14H2,1-2H3,(H,21,24)(H,22,23)/t18-/m1/s1. The van der Waals surface area contributed by atoms with E-state index >= 15 is 0 Å². The summed E-state index contributed by atoms with van der Waals surface area (Å²) < 4.78 is 23.0. The number of nitrogens with one attached hydrogen (secondary N) is 2. The fraction of sp³-hybridized carbons (Fsp3) is 0.300. The van der Waals surface area contributed by atoms with Crippen molar-refractivity contribution in [2.45, 2.75) is 25.9 Å². The predicted octanol–water partition coefficient (Wildman–Crippen LogP) is 1.84. The summed E-state index contributed by atoms with van der Waals surface area (Å²) in [5.41, 5.74) is 2.45. The average Bonchev–Trinajstić information content (AvgIpc) is 2.64. The van der Waals surface area contributed by atoms with Crippen LogP contribution in [0.4, 0.5) is 0 Å². The SMILES string of the molecule is Cc1ccc(CNC(=O)[C@@H](CCS(C)(=O)=O)NC(=O)c2ccccc2)cc1. The molecular formula is C20H24N2O4S. The molecule has 0 heterocycles. The Bertz CT molecular complexity index is 878. The zero-order valence-electron chi connectivity index (χ0n) is 15.4. The number of sulfone groups is 1. The van der Waals surface area contributed by atoms with Crippen LogP contribution in [0.15, 0.2) is 54.6 Å². The molecule has 0 saturated carbocycles. The normalized spacial score (nSPS) is 12.2. The Hall–Kier alpha value is -2.67. The molecule has 1 atom stereocenters. The molecule has 0 aliphatic heterocycles. The van der Waals surface area contributed by atoms with E-state index in [1.165, 1.54) is 0 Å². The number of benzene rings is 2. The van der Waals surface area contributed by atoms with Gasteiger partial charge in [-0.1, -0.05) is 48.0 Å². The average molecular weight is 388 g/mol. The molecule has 2 N–H and O–H groups in total. The summed E-state index contributed by atoms with van der Waals surface area (Å²) in [6.45, 7) is 2.28. The highest BCUT2D eigenvalue weighted by Crippen LogP contribution is 2.05. The van der Waals surface area contributed by atoms with Gasteiger partial charge in [0.05, 0.1) is 5.75 Å².